The summed E-state index contributed by atoms with van der Waals surface area (Å²) >= 11 is 0. The summed E-state index contributed by atoms with van der Waals surface area (Å²) in [7, 11) is 0. The van der Waals surface area contributed by atoms with Crippen molar-refractivity contribution in [2.24, 2.45) is 5.10 Å². The molecule has 0 atom stereocenters. The van der Waals surface area contributed by atoms with Gasteiger partial charge in [-0.05, 0) is 19.1 Å². The van der Waals surface area contributed by atoms with Gasteiger partial charge in [-0.15, -0.1) is 0 Å². The predicted octanol–water partition coefficient (Wildman–Crippen LogP) is 2.54. The Morgan fingerprint density at radius 3 is 2.83 bits per heavy atom. The number of carbonyl (C=O) groups excluding carboxylic acids is 1. The zero-order valence-electron chi connectivity index (χ0n) is 12.5. The summed E-state index contributed by atoms with van der Waals surface area (Å²) in [5.41, 5.74) is 6.44. The van der Waals surface area contributed by atoms with Crippen molar-refractivity contribution in [3.8, 4) is 11.3 Å². The summed E-state index contributed by atoms with van der Waals surface area (Å²) in [5.74, 6) is -0.351. The highest BCUT2D eigenvalue weighted by atomic mass is 16.2. The minimum atomic E-state index is -0.351. The first kappa shape index (κ1) is 14.6. The molecule has 1 aromatic carbocycles. The summed E-state index contributed by atoms with van der Waals surface area (Å²) < 4.78 is 0. The molecule has 0 spiro atoms. The van der Waals surface area contributed by atoms with Gasteiger partial charge in [0.1, 0.15) is 5.69 Å². The van der Waals surface area contributed by atoms with E-state index in [2.05, 4.69) is 25.7 Å². The first-order valence-corrected chi connectivity index (χ1v) is 7.08. The number of aromatic amines is 1. The molecule has 6 heteroatoms. The molecular weight excluding hydrogens is 290 g/mol. The fourth-order valence-corrected chi connectivity index (χ4v) is 1.99. The van der Waals surface area contributed by atoms with Gasteiger partial charge in [0.15, 0.2) is 0 Å². The molecule has 0 fully saturated rings. The van der Waals surface area contributed by atoms with Gasteiger partial charge in [-0.1, -0.05) is 35.9 Å². The number of hydrogen-bond donors (Lipinski definition) is 2. The van der Waals surface area contributed by atoms with E-state index >= 15 is 0 Å². The molecule has 0 bridgehead atoms. The van der Waals surface area contributed by atoms with Crippen LogP contribution in [0.3, 0.4) is 0 Å². The van der Waals surface area contributed by atoms with E-state index in [0.717, 1.165) is 11.1 Å². The maximum atomic E-state index is 12.0. The van der Waals surface area contributed by atoms with E-state index in [4.69, 9.17) is 0 Å². The van der Waals surface area contributed by atoms with Gasteiger partial charge < -0.3 is 0 Å². The molecule has 114 valence electrons. The van der Waals surface area contributed by atoms with Crippen molar-refractivity contribution >= 4 is 12.1 Å². The van der Waals surface area contributed by atoms with E-state index in [1.165, 1.54) is 11.8 Å². The number of H-pyrrole nitrogens is 1. The second-order valence-electron chi connectivity index (χ2n) is 5.02. The number of benzene rings is 1. The SMILES string of the molecule is Cc1ccc(-c2cc(C(=O)NN=Cc3cccnc3)[nH]n2)cc1. The molecule has 23 heavy (non-hydrogen) atoms. The lowest BCUT2D eigenvalue weighted by Gasteiger charge is -1.96. The molecule has 0 saturated heterocycles. The fourth-order valence-electron chi connectivity index (χ4n) is 1.99. The number of hydrazone groups is 1. The molecule has 0 aliphatic carbocycles. The number of rotatable bonds is 4. The van der Waals surface area contributed by atoms with E-state index < -0.39 is 0 Å². The Morgan fingerprint density at radius 2 is 2.09 bits per heavy atom. The van der Waals surface area contributed by atoms with Gasteiger partial charge in [-0.2, -0.15) is 10.2 Å². The standard InChI is InChI=1S/C17H15N5O/c1-12-4-6-14(7-5-12)15-9-16(21-20-15)17(23)22-19-11-13-3-2-8-18-10-13/h2-11H,1H3,(H,20,21)(H,22,23). The lowest BCUT2D eigenvalue weighted by atomic mass is 10.1. The van der Waals surface area contributed by atoms with Gasteiger partial charge in [-0.25, -0.2) is 5.43 Å². The van der Waals surface area contributed by atoms with Crippen LogP contribution in [0.5, 0.6) is 0 Å². The van der Waals surface area contributed by atoms with Crippen molar-refractivity contribution in [2.75, 3.05) is 0 Å². The largest absolute Gasteiger partial charge is 0.289 e. The first-order chi connectivity index (χ1) is 11.2. The minimum absolute atomic E-state index is 0.351. The smallest absolute Gasteiger partial charge is 0.272 e. The van der Waals surface area contributed by atoms with E-state index in [0.29, 0.717) is 11.4 Å². The van der Waals surface area contributed by atoms with Gasteiger partial charge >= 0.3 is 0 Å². The van der Waals surface area contributed by atoms with Crippen LogP contribution in [0.2, 0.25) is 0 Å². The summed E-state index contributed by atoms with van der Waals surface area (Å²) in [5, 5.41) is 10.8. The zero-order chi connectivity index (χ0) is 16.1. The highest BCUT2D eigenvalue weighted by Crippen LogP contribution is 2.18. The third-order valence-corrected chi connectivity index (χ3v) is 3.23. The van der Waals surface area contributed by atoms with Crippen LogP contribution in [0.25, 0.3) is 11.3 Å². The summed E-state index contributed by atoms with van der Waals surface area (Å²) in [6.45, 7) is 2.02. The molecule has 0 unspecified atom stereocenters. The fraction of sp³-hybridized carbons (Fsp3) is 0.0588. The van der Waals surface area contributed by atoms with Crippen LogP contribution in [-0.2, 0) is 0 Å². The third kappa shape index (κ3) is 3.68. The maximum absolute atomic E-state index is 12.0. The molecule has 2 heterocycles. The maximum Gasteiger partial charge on any atom is 0.289 e. The Balaban J connectivity index is 1.67. The van der Waals surface area contributed by atoms with Crippen molar-refractivity contribution in [2.45, 2.75) is 6.92 Å². The molecule has 1 amide bonds. The quantitative estimate of drug-likeness (QED) is 0.574. The van der Waals surface area contributed by atoms with Crippen LogP contribution in [0.1, 0.15) is 21.6 Å². The van der Waals surface area contributed by atoms with Gasteiger partial charge in [0.2, 0.25) is 0 Å². The van der Waals surface area contributed by atoms with Gasteiger partial charge in [0.25, 0.3) is 5.91 Å². The Bertz CT molecular complexity index is 822. The van der Waals surface area contributed by atoms with Gasteiger partial charge in [0.05, 0.1) is 11.9 Å². The second kappa shape index (κ2) is 6.65. The number of aromatic nitrogens is 3. The highest BCUT2D eigenvalue weighted by Gasteiger charge is 2.10. The Labute approximate surface area is 133 Å². The van der Waals surface area contributed by atoms with E-state index in [1.54, 1.807) is 24.5 Å². The molecule has 2 aromatic heterocycles. The number of aryl methyl sites for hydroxylation is 1. The molecule has 0 saturated carbocycles. The molecule has 0 radical (unpaired) electrons. The molecular formula is C17H15N5O. The summed E-state index contributed by atoms with van der Waals surface area (Å²) in [6, 6.07) is 13.3. The van der Waals surface area contributed by atoms with Gasteiger partial charge in [-0.3, -0.25) is 14.9 Å². The van der Waals surface area contributed by atoms with E-state index in [9.17, 15) is 4.79 Å². The van der Waals surface area contributed by atoms with E-state index in [-0.39, 0.29) is 5.91 Å². The van der Waals surface area contributed by atoms with Crippen LogP contribution >= 0.6 is 0 Å². The molecule has 3 aromatic rings. The number of nitrogens with one attached hydrogen (secondary N) is 2. The van der Waals surface area contributed by atoms with Crippen molar-refractivity contribution in [3.05, 3.63) is 71.7 Å². The van der Waals surface area contributed by atoms with Crippen LogP contribution < -0.4 is 5.43 Å². The van der Waals surface area contributed by atoms with Crippen molar-refractivity contribution in [1.82, 2.24) is 20.6 Å². The van der Waals surface area contributed by atoms with E-state index in [1.807, 2.05) is 37.3 Å². The number of carbonyl (C=O) groups is 1. The number of amides is 1. The van der Waals surface area contributed by atoms with Crippen LogP contribution in [-0.4, -0.2) is 27.3 Å². The van der Waals surface area contributed by atoms with Crippen molar-refractivity contribution in [1.29, 1.82) is 0 Å². The normalized spacial score (nSPS) is 10.8. The average Bonchev–Trinajstić information content (AvgIpc) is 3.06. The highest BCUT2D eigenvalue weighted by molar-refractivity contribution is 5.94. The monoisotopic (exact) mass is 305 g/mol. The molecule has 3 rings (SSSR count). The van der Waals surface area contributed by atoms with Gasteiger partial charge in [0, 0.05) is 23.5 Å². The van der Waals surface area contributed by atoms with Crippen LogP contribution in [0.15, 0.2) is 60.0 Å². The average molecular weight is 305 g/mol. The summed E-state index contributed by atoms with van der Waals surface area (Å²) in [4.78, 5) is 16.0. The minimum Gasteiger partial charge on any atom is -0.272 e. The number of pyridine rings is 1. The molecule has 0 aliphatic heterocycles. The van der Waals surface area contributed by atoms with Crippen LogP contribution in [0, 0.1) is 6.92 Å². The molecule has 6 nitrogen and oxygen atoms in total. The Kier molecular flexibility index (Phi) is 4.24. The van der Waals surface area contributed by atoms with Crippen molar-refractivity contribution in [3.63, 3.8) is 0 Å². The number of hydrogen-bond acceptors (Lipinski definition) is 4. The Hall–Kier alpha value is -3.28. The third-order valence-electron chi connectivity index (χ3n) is 3.23. The zero-order valence-corrected chi connectivity index (χ0v) is 12.5. The number of nitrogens with zero attached hydrogens (tertiary/aromatic N) is 3. The Morgan fingerprint density at radius 1 is 1.26 bits per heavy atom. The summed E-state index contributed by atoms with van der Waals surface area (Å²) in [6.07, 6.45) is 4.86. The molecule has 2 N–H and O–H groups in total. The predicted molar refractivity (Wildman–Crippen MR) is 88.1 cm³/mol. The molecule has 0 aliphatic rings. The second-order valence-corrected chi connectivity index (χ2v) is 5.02. The lowest BCUT2D eigenvalue weighted by molar-refractivity contribution is 0.0950. The first-order valence-electron chi connectivity index (χ1n) is 7.08. The lowest BCUT2D eigenvalue weighted by Crippen LogP contribution is -2.18. The van der Waals surface area contributed by atoms with Crippen LogP contribution in [0.4, 0.5) is 0 Å². The van der Waals surface area contributed by atoms with Crippen molar-refractivity contribution < 1.29 is 4.79 Å². The topological polar surface area (TPSA) is 83.0 Å².